The van der Waals surface area contributed by atoms with E-state index in [2.05, 4.69) is 21.2 Å². The zero-order chi connectivity index (χ0) is 17.7. The van der Waals surface area contributed by atoms with E-state index in [1.807, 2.05) is 37.3 Å². The lowest BCUT2D eigenvalue weighted by Gasteiger charge is -2.23. The van der Waals surface area contributed by atoms with Crippen molar-refractivity contribution in [2.45, 2.75) is 13.0 Å². The van der Waals surface area contributed by atoms with Gasteiger partial charge in [-0.1, -0.05) is 46.3 Å². The summed E-state index contributed by atoms with van der Waals surface area (Å²) in [6.45, 7) is 1.59. The summed E-state index contributed by atoms with van der Waals surface area (Å²) in [5.74, 6) is -0.361. The molecule has 0 fully saturated rings. The predicted molar refractivity (Wildman–Crippen MR) is 99.3 cm³/mol. The normalized spacial score (nSPS) is 12.5. The number of halogens is 1. The van der Waals surface area contributed by atoms with Gasteiger partial charge in [0.05, 0.1) is 18.0 Å². The molecule has 0 bridgehead atoms. The van der Waals surface area contributed by atoms with Crippen molar-refractivity contribution in [2.75, 3.05) is 17.1 Å². The third-order valence-electron chi connectivity index (χ3n) is 3.48. The lowest BCUT2D eigenvalue weighted by atomic mass is 10.1. The van der Waals surface area contributed by atoms with E-state index in [1.165, 1.54) is 0 Å². The van der Waals surface area contributed by atoms with Crippen LogP contribution in [0.2, 0.25) is 0 Å². The van der Waals surface area contributed by atoms with Gasteiger partial charge < -0.3 is 5.32 Å². The van der Waals surface area contributed by atoms with Crippen LogP contribution in [0.25, 0.3) is 0 Å². The molecule has 0 spiro atoms. The van der Waals surface area contributed by atoms with Crippen LogP contribution in [0.5, 0.6) is 0 Å². The first-order valence-electron chi connectivity index (χ1n) is 7.35. The highest BCUT2D eigenvalue weighted by Crippen LogP contribution is 2.20. The number of carbonyl (C=O) groups excluding carboxylic acids is 1. The number of amides is 1. The predicted octanol–water partition coefficient (Wildman–Crippen LogP) is 3.09. The summed E-state index contributed by atoms with van der Waals surface area (Å²) < 4.78 is 26.0. The average Bonchev–Trinajstić information content (AvgIpc) is 2.53. The van der Waals surface area contributed by atoms with Crippen LogP contribution < -0.4 is 9.62 Å². The van der Waals surface area contributed by atoms with Crippen molar-refractivity contribution in [1.82, 2.24) is 5.32 Å². The van der Waals surface area contributed by atoms with Gasteiger partial charge in [-0.15, -0.1) is 0 Å². The lowest BCUT2D eigenvalue weighted by Crippen LogP contribution is -2.41. The third-order valence-corrected chi connectivity index (χ3v) is 5.15. The number of nitrogens with zero attached hydrogens (tertiary/aromatic N) is 1. The molecule has 5 nitrogen and oxygen atoms in total. The summed E-state index contributed by atoms with van der Waals surface area (Å²) in [4.78, 5) is 12.3. The van der Waals surface area contributed by atoms with Gasteiger partial charge in [0.2, 0.25) is 15.9 Å². The first kappa shape index (κ1) is 18.5. The fourth-order valence-corrected chi connectivity index (χ4v) is 3.37. The highest BCUT2D eigenvalue weighted by atomic mass is 79.9. The van der Waals surface area contributed by atoms with Gasteiger partial charge in [0.1, 0.15) is 6.54 Å². The molecular formula is C17H19BrN2O3S. The molecule has 0 aliphatic rings. The smallest absolute Gasteiger partial charge is 0.241 e. The van der Waals surface area contributed by atoms with Gasteiger partial charge in [-0.3, -0.25) is 9.10 Å². The van der Waals surface area contributed by atoms with Crippen LogP contribution in [-0.2, 0) is 14.8 Å². The van der Waals surface area contributed by atoms with E-state index in [1.54, 1.807) is 24.3 Å². The summed E-state index contributed by atoms with van der Waals surface area (Å²) in [6, 6.07) is 16.1. The largest absolute Gasteiger partial charge is 0.348 e. The Bertz CT molecular complexity index is 792. The molecule has 0 unspecified atom stereocenters. The van der Waals surface area contributed by atoms with Crippen molar-refractivity contribution < 1.29 is 13.2 Å². The van der Waals surface area contributed by atoms with Gasteiger partial charge in [0.15, 0.2) is 0 Å². The van der Waals surface area contributed by atoms with Crippen molar-refractivity contribution in [3.8, 4) is 0 Å². The van der Waals surface area contributed by atoms with E-state index in [0.717, 1.165) is 20.6 Å². The van der Waals surface area contributed by atoms with Crippen LogP contribution >= 0.6 is 15.9 Å². The molecule has 0 saturated heterocycles. The second-order valence-electron chi connectivity index (χ2n) is 5.45. The van der Waals surface area contributed by atoms with E-state index in [-0.39, 0.29) is 18.5 Å². The van der Waals surface area contributed by atoms with Gasteiger partial charge in [-0.2, -0.15) is 0 Å². The molecule has 1 atom stereocenters. The number of carbonyl (C=O) groups is 1. The molecule has 0 aromatic heterocycles. The van der Waals surface area contributed by atoms with Crippen LogP contribution in [0, 0.1) is 0 Å². The Hall–Kier alpha value is -1.86. The number of hydrogen-bond acceptors (Lipinski definition) is 3. The molecule has 0 saturated carbocycles. The molecule has 7 heteroatoms. The van der Waals surface area contributed by atoms with Gasteiger partial charge in [-0.05, 0) is 36.8 Å². The number of anilines is 1. The number of nitrogens with one attached hydrogen (secondary N) is 1. The molecule has 0 aliphatic carbocycles. The molecule has 2 aromatic rings. The molecule has 24 heavy (non-hydrogen) atoms. The van der Waals surface area contributed by atoms with Crippen molar-refractivity contribution in [2.24, 2.45) is 0 Å². The highest BCUT2D eigenvalue weighted by Gasteiger charge is 2.21. The minimum Gasteiger partial charge on any atom is -0.348 e. The Morgan fingerprint density at radius 2 is 1.71 bits per heavy atom. The van der Waals surface area contributed by atoms with E-state index >= 15 is 0 Å². The van der Waals surface area contributed by atoms with E-state index in [4.69, 9.17) is 0 Å². The Labute approximate surface area is 150 Å². The fraction of sp³-hybridized carbons (Fsp3) is 0.235. The topological polar surface area (TPSA) is 66.5 Å². The van der Waals surface area contributed by atoms with Gasteiger partial charge in [-0.25, -0.2) is 8.42 Å². The molecule has 2 aromatic carbocycles. The maximum Gasteiger partial charge on any atom is 0.241 e. The summed E-state index contributed by atoms with van der Waals surface area (Å²) in [5.41, 5.74) is 1.41. The van der Waals surface area contributed by atoms with E-state index in [9.17, 15) is 13.2 Å². The summed E-state index contributed by atoms with van der Waals surface area (Å²) in [5, 5.41) is 2.83. The Morgan fingerprint density at radius 3 is 2.25 bits per heavy atom. The number of rotatable bonds is 6. The fourth-order valence-electron chi connectivity index (χ4n) is 2.25. The van der Waals surface area contributed by atoms with Crippen LogP contribution in [-0.4, -0.2) is 27.1 Å². The zero-order valence-corrected chi connectivity index (χ0v) is 15.8. The van der Waals surface area contributed by atoms with Crippen LogP contribution in [0.3, 0.4) is 0 Å². The molecule has 0 aliphatic heterocycles. The molecular weight excluding hydrogens is 392 g/mol. The first-order chi connectivity index (χ1) is 11.3. The van der Waals surface area contributed by atoms with Gasteiger partial charge >= 0.3 is 0 Å². The number of benzene rings is 2. The highest BCUT2D eigenvalue weighted by molar-refractivity contribution is 9.10. The van der Waals surface area contributed by atoms with Crippen LogP contribution in [0.15, 0.2) is 59.1 Å². The minimum absolute atomic E-state index is 0.204. The first-order valence-corrected chi connectivity index (χ1v) is 9.99. The third kappa shape index (κ3) is 5.07. The van der Waals surface area contributed by atoms with Crippen molar-refractivity contribution >= 4 is 37.5 Å². The van der Waals surface area contributed by atoms with Crippen molar-refractivity contribution in [3.05, 3.63) is 64.6 Å². The second kappa shape index (κ2) is 7.81. The number of sulfonamides is 1. The second-order valence-corrected chi connectivity index (χ2v) is 8.27. The SMILES string of the molecule is C[C@H](NC(=O)CN(c1ccc(Br)cc1)S(C)(=O)=O)c1ccccc1. The molecule has 0 heterocycles. The van der Waals surface area contributed by atoms with Crippen LogP contribution in [0.1, 0.15) is 18.5 Å². The summed E-state index contributed by atoms with van der Waals surface area (Å²) in [7, 11) is -3.57. The molecule has 128 valence electrons. The van der Waals surface area contributed by atoms with Gasteiger partial charge in [0, 0.05) is 4.47 Å². The zero-order valence-electron chi connectivity index (χ0n) is 13.4. The number of hydrogen-bond donors (Lipinski definition) is 1. The Balaban J connectivity index is 2.12. The lowest BCUT2D eigenvalue weighted by molar-refractivity contribution is -0.120. The summed E-state index contributed by atoms with van der Waals surface area (Å²) in [6.07, 6.45) is 1.09. The van der Waals surface area contributed by atoms with Gasteiger partial charge in [0.25, 0.3) is 0 Å². The Kier molecular flexibility index (Phi) is 6.01. The minimum atomic E-state index is -3.57. The van der Waals surface area contributed by atoms with E-state index in [0.29, 0.717) is 5.69 Å². The molecule has 1 N–H and O–H groups in total. The quantitative estimate of drug-likeness (QED) is 0.795. The van der Waals surface area contributed by atoms with Crippen LogP contribution in [0.4, 0.5) is 5.69 Å². The summed E-state index contributed by atoms with van der Waals surface area (Å²) >= 11 is 3.31. The maximum absolute atomic E-state index is 12.3. The molecule has 1 amide bonds. The maximum atomic E-state index is 12.3. The Morgan fingerprint density at radius 1 is 1.12 bits per heavy atom. The van der Waals surface area contributed by atoms with Crippen molar-refractivity contribution in [1.29, 1.82) is 0 Å². The van der Waals surface area contributed by atoms with Crippen molar-refractivity contribution in [3.63, 3.8) is 0 Å². The standard InChI is InChI=1S/C17H19BrN2O3S/c1-13(14-6-4-3-5-7-14)19-17(21)12-20(24(2,22)23)16-10-8-15(18)9-11-16/h3-11,13H,12H2,1-2H3,(H,19,21)/t13-/m0/s1. The average molecular weight is 411 g/mol. The van der Waals surface area contributed by atoms with E-state index < -0.39 is 10.0 Å². The monoisotopic (exact) mass is 410 g/mol. The molecule has 2 rings (SSSR count). The molecule has 0 radical (unpaired) electrons.